The predicted octanol–water partition coefficient (Wildman–Crippen LogP) is 3.24. The van der Waals surface area contributed by atoms with Gasteiger partial charge in [0.15, 0.2) is 0 Å². The molecule has 2 rings (SSSR count). The molecule has 0 heterocycles. The van der Waals surface area contributed by atoms with Crippen LogP contribution in [-0.4, -0.2) is 33.2 Å². The zero-order valence-corrected chi connectivity index (χ0v) is 16.4. The molecule has 2 aromatic carbocycles. The Labute approximate surface area is 160 Å². The number of rotatable bonds is 8. The fraction of sp³-hybridized carbons (Fsp3) is 0.316. The number of benzene rings is 2. The highest BCUT2D eigenvalue weighted by Gasteiger charge is 2.31. The first kappa shape index (κ1) is 20.3. The summed E-state index contributed by atoms with van der Waals surface area (Å²) in [6, 6.07) is 15.3. The van der Waals surface area contributed by atoms with E-state index in [2.05, 4.69) is 5.32 Å². The standard InChI is InChI=1S/C19H23ClN2O3S/c1-3-18(22(26(2,24)25)17-7-5-4-6-8-17)19(23)21-14-13-15-9-11-16(20)12-10-15/h4-12,18H,3,13-14H2,1-2H3,(H,21,23)/t18-/m1/s1. The maximum atomic E-state index is 12.6. The molecule has 0 radical (unpaired) electrons. The molecule has 0 aromatic heterocycles. The topological polar surface area (TPSA) is 66.5 Å². The minimum atomic E-state index is -3.60. The van der Waals surface area contributed by atoms with E-state index in [9.17, 15) is 13.2 Å². The summed E-state index contributed by atoms with van der Waals surface area (Å²) >= 11 is 5.86. The van der Waals surface area contributed by atoms with E-state index >= 15 is 0 Å². The summed E-state index contributed by atoms with van der Waals surface area (Å²) < 4.78 is 25.8. The summed E-state index contributed by atoms with van der Waals surface area (Å²) in [7, 11) is -3.60. The maximum absolute atomic E-state index is 12.6. The first-order chi connectivity index (χ1) is 12.3. The van der Waals surface area contributed by atoms with Crippen LogP contribution in [-0.2, 0) is 21.2 Å². The van der Waals surface area contributed by atoms with Gasteiger partial charge in [0.1, 0.15) is 6.04 Å². The van der Waals surface area contributed by atoms with Crippen LogP contribution in [0.3, 0.4) is 0 Å². The van der Waals surface area contributed by atoms with Gasteiger partial charge in [-0.2, -0.15) is 0 Å². The van der Waals surface area contributed by atoms with Crippen LogP contribution in [0, 0.1) is 0 Å². The van der Waals surface area contributed by atoms with Gasteiger partial charge in [-0.3, -0.25) is 9.10 Å². The molecule has 1 amide bonds. The lowest BCUT2D eigenvalue weighted by molar-refractivity contribution is -0.122. The third-order valence-electron chi connectivity index (χ3n) is 3.97. The van der Waals surface area contributed by atoms with Crippen molar-refractivity contribution in [2.75, 3.05) is 17.1 Å². The Hall–Kier alpha value is -2.05. The van der Waals surface area contributed by atoms with E-state index in [0.717, 1.165) is 11.8 Å². The molecule has 0 aliphatic heterocycles. The third-order valence-corrected chi connectivity index (χ3v) is 5.40. The second-order valence-corrected chi connectivity index (χ2v) is 8.28. The molecular formula is C19H23ClN2O3S. The number of anilines is 1. The first-order valence-electron chi connectivity index (χ1n) is 8.39. The average molecular weight is 395 g/mol. The van der Waals surface area contributed by atoms with Crippen LogP contribution in [0.4, 0.5) is 5.69 Å². The summed E-state index contributed by atoms with van der Waals surface area (Å²) in [6.45, 7) is 2.22. The number of halogens is 1. The van der Waals surface area contributed by atoms with Gasteiger partial charge in [-0.25, -0.2) is 8.42 Å². The quantitative estimate of drug-likeness (QED) is 0.747. The van der Waals surface area contributed by atoms with Crippen molar-refractivity contribution in [1.82, 2.24) is 5.32 Å². The van der Waals surface area contributed by atoms with Gasteiger partial charge in [-0.1, -0.05) is 48.9 Å². The Morgan fingerprint density at radius 2 is 1.73 bits per heavy atom. The molecule has 140 valence electrons. The van der Waals surface area contributed by atoms with Gasteiger partial charge in [0, 0.05) is 11.6 Å². The molecule has 0 fully saturated rings. The number of sulfonamides is 1. The number of amides is 1. The zero-order chi connectivity index (χ0) is 19.2. The summed E-state index contributed by atoms with van der Waals surface area (Å²) in [5.74, 6) is -0.309. The number of nitrogens with one attached hydrogen (secondary N) is 1. The largest absolute Gasteiger partial charge is 0.354 e. The van der Waals surface area contributed by atoms with Crippen molar-refractivity contribution < 1.29 is 13.2 Å². The fourth-order valence-electron chi connectivity index (χ4n) is 2.73. The molecule has 0 aliphatic rings. The van der Waals surface area contributed by atoms with E-state index in [4.69, 9.17) is 11.6 Å². The van der Waals surface area contributed by atoms with Crippen molar-refractivity contribution in [3.63, 3.8) is 0 Å². The van der Waals surface area contributed by atoms with Crippen molar-refractivity contribution in [3.8, 4) is 0 Å². The predicted molar refractivity (Wildman–Crippen MR) is 106 cm³/mol. The Morgan fingerprint density at radius 1 is 1.12 bits per heavy atom. The van der Waals surface area contributed by atoms with Crippen molar-refractivity contribution in [2.24, 2.45) is 0 Å². The number of para-hydroxylation sites is 1. The minimum absolute atomic E-state index is 0.309. The van der Waals surface area contributed by atoms with Gasteiger partial charge in [0.05, 0.1) is 11.9 Å². The first-order valence-corrected chi connectivity index (χ1v) is 10.6. The van der Waals surface area contributed by atoms with Gasteiger partial charge in [-0.15, -0.1) is 0 Å². The van der Waals surface area contributed by atoms with E-state index in [1.807, 2.05) is 12.1 Å². The second-order valence-electron chi connectivity index (χ2n) is 5.99. The van der Waals surface area contributed by atoms with Crippen molar-refractivity contribution in [1.29, 1.82) is 0 Å². The van der Waals surface area contributed by atoms with Crippen molar-refractivity contribution in [2.45, 2.75) is 25.8 Å². The zero-order valence-electron chi connectivity index (χ0n) is 14.9. The molecular weight excluding hydrogens is 372 g/mol. The van der Waals surface area contributed by atoms with Crippen LogP contribution < -0.4 is 9.62 Å². The smallest absolute Gasteiger partial charge is 0.243 e. The Bertz CT molecular complexity index is 824. The average Bonchev–Trinajstić information content (AvgIpc) is 2.60. The van der Waals surface area contributed by atoms with E-state index in [1.165, 1.54) is 4.31 Å². The highest BCUT2D eigenvalue weighted by atomic mass is 35.5. The third kappa shape index (κ3) is 5.47. The minimum Gasteiger partial charge on any atom is -0.354 e. The van der Waals surface area contributed by atoms with Crippen LogP contribution >= 0.6 is 11.6 Å². The lowest BCUT2D eigenvalue weighted by atomic mass is 10.1. The normalized spacial score (nSPS) is 12.4. The van der Waals surface area contributed by atoms with Crippen molar-refractivity contribution >= 4 is 33.2 Å². The van der Waals surface area contributed by atoms with E-state index in [-0.39, 0.29) is 5.91 Å². The summed E-state index contributed by atoms with van der Waals surface area (Å²) in [4.78, 5) is 12.6. The van der Waals surface area contributed by atoms with Gasteiger partial charge in [0.25, 0.3) is 0 Å². The molecule has 0 saturated heterocycles. The van der Waals surface area contributed by atoms with Crippen molar-refractivity contribution in [3.05, 3.63) is 65.2 Å². The van der Waals surface area contributed by atoms with Crippen LogP contribution in [0.15, 0.2) is 54.6 Å². The SMILES string of the molecule is CC[C@H](C(=O)NCCc1ccc(Cl)cc1)N(c1ccccc1)S(C)(=O)=O. The molecule has 26 heavy (non-hydrogen) atoms. The summed E-state index contributed by atoms with van der Waals surface area (Å²) in [5, 5.41) is 3.50. The number of carbonyl (C=O) groups is 1. The molecule has 0 bridgehead atoms. The number of hydrogen-bond acceptors (Lipinski definition) is 3. The van der Waals surface area contributed by atoms with Gasteiger partial charge in [0.2, 0.25) is 15.9 Å². The Kier molecular flexibility index (Phi) is 7.06. The monoisotopic (exact) mass is 394 g/mol. The highest BCUT2D eigenvalue weighted by Crippen LogP contribution is 2.22. The number of carbonyl (C=O) groups excluding carboxylic acids is 1. The molecule has 1 N–H and O–H groups in total. The summed E-state index contributed by atoms with van der Waals surface area (Å²) in [5.41, 5.74) is 1.53. The van der Waals surface area contributed by atoms with E-state index in [1.54, 1.807) is 49.4 Å². The fourth-order valence-corrected chi connectivity index (χ4v) is 4.07. The lowest BCUT2D eigenvalue weighted by Crippen LogP contribution is -2.49. The highest BCUT2D eigenvalue weighted by molar-refractivity contribution is 7.92. The summed E-state index contributed by atoms with van der Waals surface area (Å²) in [6.07, 6.45) is 2.13. The molecule has 0 unspecified atom stereocenters. The van der Waals surface area contributed by atoms with Crippen LogP contribution in [0.5, 0.6) is 0 Å². The number of hydrogen-bond donors (Lipinski definition) is 1. The molecule has 0 saturated carbocycles. The number of nitrogens with zero attached hydrogens (tertiary/aromatic N) is 1. The Morgan fingerprint density at radius 3 is 2.27 bits per heavy atom. The maximum Gasteiger partial charge on any atom is 0.243 e. The van der Waals surface area contributed by atoms with E-state index < -0.39 is 16.1 Å². The second kappa shape index (κ2) is 9.05. The van der Waals surface area contributed by atoms with Crippen LogP contribution in [0.1, 0.15) is 18.9 Å². The molecule has 0 aliphatic carbocycles. The Balaban J connectivity index is 2.09. The van der Waals surface area contributed by atoms with Crippen LogP contribution in [0.2, 0.25) is 5.02 Å². The molecule has 2 aromatic rings. The lowest BCUT2D eigenvalue weighted by Gasteiger charge is -2.30. The molecule has 1 atom stereocenters. The van der Waals surface area contributed by atoms with Gasteiger partial charge < -0.3 is 5.32 Å². The molecule has 0 spiro atoms. The molecule has 7 heteroatoms. The van der Waals surface area contributed by atoms with E-state index in [0.29, 0.717) is 30.1 Å². The molecule has 5 nitrogen and oxygen atoms in total. The van der Waals surface area contributed by atoms with Gasteiger partial charge in [-0.05, 0) is 42.7 Å². The van der Waals surface area contributed by atoms with Gasteiger partial charge >= 0.3 is 0 Å². The van der Waals surface area contributed by atoms with Crippen LogP contribution in [0.25, 0.3) is 0 Å².